The van der Waals surface area contributed by atoms with Gasteiger partial charge in [-0.25, -0.2) is 0 Å². The molecule has 14 heavy (non-hydrogen) atoms. The van der Waals surface area contributed by atoms with E-state index in [0.29, 0.717) is 6.42 Å². The average Bonchev–Trinajstić information content (AvgIpc) is 2.23. The van der Waals surface area contributed by atoms with Gasteiger partial charge in [-0.1, -0.05) is 20.8 Å². The molecule has 0 aliphatic carbocycles. The van der Waals surface area contributed by atoms with E-state index in [-0.39, 0.29) is 11.4 Å². The largest absolute Gasteiger partial charge is 0.351 e. The zero-order valence-corrected chi connectivity index (χ0v) is 9.94. The van der Waals surface area contributed by atoms with Gasteiger partial charge in [-0.2, -0.15) is 0 Å². The van der Waals surface area contributed by atoms with Crippen LogP contribution in [0.25, 0.3) is 0 Å². The molecular weight excluding hydrogens is 176 g/mol. The molecule has 2 N–H and O–H groups in total. The summed E-state index contributed by atoms with van der Waals surface area (Å²) in [5, 5.41) is 6.11. The molecule has 0 aliphatic heterocycles. The van der Waals surface area contributed by atoms with Gasteiger partial charge in [0.1, 0.15) is 0 Å². The average molecular weight is 200 g/mol. The quantitative estimate of drug-likeness (QED) is 0.656. The van der Waals surface area contributed by atoms with Gasteiger partial charge in [0.15, 0.2) is 0 Å². The summed E-state index contributed by atoms with van der Waals surface area (Å²) in [7, 11) is 1.86. The second-order valence-corrected chi connectivity index (χ2v) is 3.74. The molecule has 0 unspecified atom stereocenters. The molecule has 0 heterocycles. The smallest absolute Gasteiger partial charge is 0.221 e. The van der Waals surface area contributed by atoms with E-state index in [9.17, 15) is 4.79 Å². The zero-order valence-electron chi connectivity index (χ0n) is 9.94. The molecule has 0 rings (SSSR count). The Balaban J connectivity index is 4.08. The van der Waals surface area contributed by atoms with Crippen molar-refractivity contribution in [2.75, 3.05) is 13.6 Å². The van der Waals surface area contributed by atoms with Crippen molar-refractivity contribution >= 4 is 5.91 Å². The fraction of sp³-hybridized carbons (Fsp3) is 0.909. The van der Waals surface area contributed by atoms with Crippen LogP contribution >= 0.6 is 0 Å². The lowest BCUT2D eigenvalue weighted by Gasteiger charge is -2.31. The molecule has 0 saturated carbocycles. The van der Waals surface area contributed by atoms with Crippen LogP contribution in [0.4, 0.5) is 0 Å². The Morgan fingerprint density at radius 3 is 2.00 bits per heavy atom. The third-order valence-corrected chi connectivity index (χ3v) is 3.04. The maximum absolute atomic E-state index is 11.5. The number of hydrogen-bond donors (Lipinski definition) is 2. The molecule has 0 radical (unpaired) electrons. The first-order valence-electron chi connectivity index (χ1n) is 5.59. The minimum Gasteiger partial charge on any atom is -0.351 e. The van der Waals surface area contributed by atoms with Gasteiger partial charge < -0.3 is 10.6 Å². The Labute approximate surface area is 87.6 Å². The van der Waals surface area contributed by atoms with Gasteiger partial charge in [-0.05, 0) is 26.3 Å². The van der Waals surface area contributed by atoms with E-state index < -0.39 is 0 Å². The highest BCUT2D eigenvalue weighted by Gasteiger charge is 2.25. The van der Waals surface area contributed by atoms with Crippen molar-refractivity contribution < 1.29 is 4.79 Å². The highest BCUT2D eigenvalue weighted by Crippen LogP contribution is 2.19. The number of carbonyl (C=O) groups is 1. The summed E-state index contributed by atoms with van der Waals surface area (Å²) in [6.07, 6.45) is 3.58. The van der Waals surface area contributed by atoms with Crippen LogP contribution in [0.1, 0.15) is 46.5 Å². The summed E-state index contributed by atoms with van der Waals surface area (Å²) < 4.78 is 0. The molecule has 0 spiro atoms. The Hall–Kier alpha value is -0.570. The fourth-order valence-corrected chi connectivity index (χ4v) is 1.61. The van der Waals surface area contributed by atoms with Crippen LogP contribution in [0.2, 0.25) is 0 Å². The predicted molar refractivity (Wildman–Crippen MR) is 60.3 cm³/mol. The van der Waals surface area contributed by atoms with E-state index in [1.165, 1.54) is 0 Å². The second kappa shape index (κ2) is 6.82. The van der Waals surface area contributed by atoms with Gasteiger partial charge >= 0.3 is 0 Å². The molecule has 84 valence electrons. The SMILES string of the molecule is CCC(CC)(CC)NC(=O)CCNC. The molecule has 0 bridgehead atoms. The van der Waals surface area contributed by atoms with Gasteiger partial charge in [-0.3, -0.25) is 4.79 Å². The minimum atomic E-state index is 0.0187. The van der Waals surface area contributed by atoms with E-state index in [4.69, 9.17) is 0 Å². The van der Waals surface area contributed by atoms with Crippen LogP contribution in [0.3, 0.4) is 0 Å². The van der Waals surface area contributed by atoms with Crippen molar-refractivity contribution in [1.29, 1.82) is 0 Å². The Morgan fingerprint density at radius 2 is 1.64 bits per heavy atom. The van der Waals surface area contributed by atoms with Crippen molar-refractivity contribution in [2.24, 2.45) is 0 Å². The maximum atomic E-state index is 11.5. The minimum absolute atomic E-state index is 0.0187. The molecule has 0 aromatic rings. The molecule has 3 heteroatoms. The van der Waals surface area contributed by atoms with Crippen LogP contribution in [-0.2, 0) is 4.79 Å². The standard InChI is InChI=1S/C11H24N2O/c1-5-11(6-2,7-3)13-10(14)8-9-12-4/h12H,5-9H2,1-4H3,(H,13,14). The first-order valence-corrected chi connectivity index (χ1v) is 5.59. The summed E-state index contributed by atoms with van der Waals surface area (Å²) >= 11 is 0. The molecule has 3 nitrogen and oxygen atoms in total. The van der Waals surface area contributed by atoms with Gasteiger partial charge in [0.25, 0.3) is 0 Å². The highest BCUT2D eigenvalue weighted by molar-refractivity contribution is 5.76. The molecule has 0 fully saturated rings. The summed E-state index contributed by atoms with van der Waals surface area (Å²) in [5.41, 5.74) is 0.0187. The van der Waals surface area contributed by atoms with Crippen molar-refractivity contribution in [1.82, 2.24) is 10.6 Å². The highest BCUT2D eigenvalue weighted by atomic mass is 16.1. The van der Waals surface area contributed by atoms with Crippen molar-refractivity contribution in [3.63, 3.8) is 0 Å². The summed E-state index contributed by atoms with van der Waals surface area (Å²) in [5.74, 6) is 0.157. The number of hydrogen-bond acceptors (Lipinski definition) is 2. The van der Waals surface area contributed by atoms with Crippen LogP contribution in [0, 0.1) is 0 Å². The predicted octanol–water partition coefficient (Wildman–Crippen LogP) is 1.68. The number of amides is 1. The molecule has 0 aromatic carbocycles. The number of rotatable bonds is 7. The first-order chi connectivity index (χ1) is 6.64. The van der Waals surface area contributed by atoms with Crippen molar-refractivity contribution in [3.8, 4) is 0 Å². The molecule has 0 saturated heterocycles. The van der Waals surface area contributed by atoms with E-state index in [0.717, 1.165) is 25.8 Å². The normalized spacial score (nSPS) is 11.4. The molecule has 0 aromatic heterocycles. The second-order valence-electron chi connectivity index (χ2n) is 3.74. The van der Waals surface area contributed by atoms with E-state index in [2.05, 4.69) is 31.4 Å². The number of carbonyl (C=O) groups excluding carboxylic acids is 1. The van der Waals surface area contributed by atoms with E-state index in [1.54, 1.807) is 0 Å². The lowest BCUT2D eigenvalue weighted by molar-refractivity contribution is -0.123. The summed E-state index contributed by atoms with van der Waals surface area (Å²) in [4.78, 5) is 11.5. The summed E-state index contributed by atoms with van der Waals surface area (Å²) in [6, 6.07) is 0. The van der Waals surface area contributed by atoms with Crippen LogP contribution < -0.4 is 10.6 Å². The van der Waals surface area contributed by atoms with E-state index >= 15 is 0 Å². The molecular formula is C11H24N2O. The first kappa shape index (κ1) is 13.4. The molecule has 0 atom stereocenters. The Morgan fingerprint density at radius 1 is 1.14 bits per heavy atom. The topological polar surface area (TPSA) is 41.1 Å². The van der Waals surface area contributed by atoms with E-state index in [1.807, 2.05) is 7.05 Å². The maximum Gasteiger partial charge on any atom is 0.221 e. The molecule has 1 amide bonds. The monoisotopic (exact) mass is 200 g/mol. The van der Waals surface area contributed by atoms with Crippen molar-refractivity contribution in [3.05, 3.63) is 0 Å². The van der Waals surface area contributed by atoms with Gasteiger partial charge in [0, 0.05) is 18.5 Å². The third-order valence-electron chi connectivity index (χ3n) is 3.04. The van der Waals surface area contributed by atoms with Gasteiger partial charge in [0.2, 0.25) is 5.91 Å². The van der Waals surface area contributed by atoms with Crippen LogP contribution in [0.15, 0.2) is 0 Å². The van der Waals surface area contributed by atoms with Gasteiger partial charge in [0.05, 0.1) is 0 Å². The zero-order chi connectivity index (χ0) is 11.0. The molecule has 0 aliphatic rings. The summed E-state index contributed by atoms with van der Waals surface area (Å²) in [6.45, 7) is 7.14. The third kappa shape index (κ3) is 4.09. The van der Waals surface area contributed by atoms with Crippen LogP contribution in [-0.4, -0.2) is 25.0 Å². The van der Waals surface area contributed by atoms with Gasteiger partial charge in [-0.15, -0.1) is 0 Å². The fourth-order valence-electron chi connectivity index (χ4n) is 1.61. The number of nitrogens with one attached hydrogen (secondary N) is 2. The van der Waals surface area contributed by atoms with Crippen molar-refractivity contribution in [2.45, 2.75) is 52.0 Å². The Kier molecular flexibility index (Phi) is 6.54. The Bertz CT molecular complexity index is 156. The lowest BCUT2D eigenvalue weighted by atomic mass is 9.89. The lowest BCUT2D eigenvalue weighted by Crippen LogP contribution is -2.47. The van der Waals surface area contributed by atoms with Crippen LogP contribution in [0.5, 0.6) is 0 Å².